The molecule has 0 aliphatic carbocycles. The molecule has 0 spiro atoms. The van der Waals surface area contributed by atoms with Crippen molar-refractivity contribution in [1.82, 2.24) is 30.0 Å². The number of pyridine rings is 1. The second-order valence-corrected chi connectivity index (χ2v) is 12.1. The fraction of sp³-hybridized carbons (Fsp3) is 0.621. The number of rotatable bonds is 4. The van der Waals surface area contributed by atoms with E-state index in [1.165, 1.54) is 0 Å². The van der Waals surface area contributed by atoms with Gasteiger partial charge in [0.1, 0.15) is 11.4 Å². The molecule has 3 aromatic rings. The number of hydrogen-bond acceptors (Lipinski definition) is 9. The monoisotopic (exact) mass is 548 g/mol. The molecule has 3 aliphatic rings. The van der Waals surface area contributed by atoms with Crippen LogP contribution < -0.4 is 15.1 Å². The number of amides is 1. The molecule has 0 bridgehead atoms. The van der Waals surface area contributed by atoms with E-state index in [4.69, 9.17) is 24.5 Å². The van der Waals surface area contributed by atoms with Crippen molar-refractivity contribution in [3.05, 3.63) is 30.2 Å². The van der Waals surface area contributed by atoms with Crippen molar-refractivity contribution in [2.24, 2.45) is 0 Å². The number of aromatic nitrogens is 5. The third-order valence-corrected chi connectivity index (χ3v) is 7.90. The van der Waals surface area contributed by atoms with Crippen LogP contribution in [0.4, 0.5) is 22.1 Å². The molecule has 3 aliphatic heterocycles. The molecule has 1 amide bonds. The van der Waals surface area contributed by atoms with E-state index in [0.717, 1.165) is 98.8 Å². The van der Waals surface area contributed by atoms with Crippen molar-refractivity contribution in [1.29, 1.82) is 0 Å². The van der Waals surface area contributed by atoms with Crippen LogP contribution in [0, 0.1) is 0 Å². The number of nitrogens with one attached hydrogen (secondary N) is 1. The van der Waals surface area contributed by atoms with Crippen molar-refractivity contribution in [2.75, 3.05) is 29.5 Å². The summed E-state index contributed by atoms with van der Waals surface area (Å²) >= 11 is 0. The van der Waals surface area contributed by atoms with Crippen molar-refractivity contribution in [3.63, 3.8) is 0 Å². The molecule has 11 nitrogen and oxygen atoms in total. The van der Waals surface area contributed by atoms with E-state index in [-0.39, 0.29) is 24.4 Å². The van der Waals surface area contributed by atoms with Crippen molar-refractivity contribution >= 4 is 34.6 Å². The van der Waals surface area contributed by atoms with Crippen molar-refractivity contribution < 1.29 is 14.3 Å². The molecular formula is C29H40N8O3. The number of alkyl carbamates (subject to hydrolysis) is 1. The zero-order valence-corrected chi connectivity index (χ0v) is 24.0. The molecule has 0 saturated carbocycles. The maximum absolute atomic E-state index is 12.3. The van der Waals surface area contributed by atoms with E-state index < -0.39 is 5.60 Å². The summed E-state index contributed by atoms with van der Waals surface area (Å²) in [4.78, 5) is 31.6. The lowest BCUT2D eigenvalue weighted by Crippen LogP contribution is -2.50. The minimum atomic E-state index is -0.516. The Bertz CT molecular complexity index is 1360. The predicted molar refractivity (Wildman–Crippen MR) is 153 cm³/mol. The quantitative estimate of drug-likeness (QED) is 0.487. The first-order valence-electron chi connectivity index (χ1n) is 14.6. The predicted octanol–water partition coefficient (Wildman–Crippen LogP) is 4.89. The van der Waals surface area contributed by atoms with Gasteiger partial charge in [0.05, 0.1) is 17.6 Å². The van der Waals surface area contributed by atoms with E-state index >= 15 is 0 Å². The van der Waals surface area contributed by atoms with Crippen LogP contribution in [0.2, 0.25) is 0 Å². The molecule has 40 heavy (non-hydrogen) atoms. The largest absolute Gasteiger partial charge is 0.444 e. The Kier molecular flexibility index (Phi) is 7.24. The normalized spacial score (nSPS) is 23.6. The minimum Gasteiger partial charge on any atom is -0.444 e. The van der Waals surface area contributed by atoms with Crippen LogP contribution in [0.5, 0.6) is 0 Å². The number of fused-ring (bicyclic) bond motifs is 2. The smallest absolute Gasteiger partial charge is 0.407 e. The summed E-state index contributed by atoms with van der Waals surface area (Å²) in [5.74, 6) is 1.63. The molecule has 3 atom stereocenters. The summed E-state index contributed by atoms with van der Waals surface area (Å²) < 4.78 is 13.6. The summed E-state index contributed by atoms with van der Waals surface area (Å²) in [6.45, 7) is 10.1. The van der Waals surface area contributed by atoms with Gasteiger partial charge in [-0.1, -0.05) is 0 Å². The molecule has 1 unspecified atom stereocenters. The average molecular weight is 549 g/mol. The highest BCUT2D eigenvalue weighted by Gasteiger charge is 2.32. The maximum Gasteiger partial charge on any atom is 0.407 e. The van der Waals surface area contributed by atoms with E-state index in [9.17, 15) is 4.79 Å². The van der Waals surface area contributed by atoms with Crippen LogP contribution in [-0.2, 0) is 15.9 Å². The number of carbonyl (C=O) groups is 1. The lowest BCUT2D eigenvalue weighted by Gasteiger charge is -2.38. The first-order chi connectivity index (χ1) is 19.3. The van der Waals surface area contributed by atoms with Crippen LogP contribution in [0.25, 0.3) is 11.2 Å². The highest BCUT2D eigenvalue weighted by Crippen LogP contribution is 2.37. The van der Waals surface area contributed by atoms with Gasteiger partial charge < -0.3 is 24.6 Å². The number of ether oxygens (including phenoxy) is 2. The Balaban J connectivity index is 1.29. The van der Waals surface area contributed by atoms with Crippen LogP contribution in [0.3, 0.4) is 0 Å². The summed E-state index contributed by atoms with van der Waals surface area (Å²) in [6.07, 6.45) is 9.83. The third-order valence-electron chi connectivity index (χ3n) is 7.90. The molecule has 1 N–H and O–H groups in total. The number of carbonyl (C=O) groups excluding carboxylic acids is 1. The van der Waals surface area contributed by atoms with E-state index in [0.29, 0.717) is 0 Å². The second-order valence-electron chi connectivity index (χ2n) is 12.1. The fourth-order valence-corrected chi connectivity index (χ4v) is 6.05. The Hall–Kier alpha value is -3.47. The topological polar surface area (TPSA) is 111 Å². The van der Waals surface area contributed by atoms with Crippen molar-refractivity contribution in [3.8, 4) is 0 Å². The molecule has 0 radical (unpaired) electrons. The Morgan fingerprint density at radius 2 is 2.02 bits per heavy atom. The van der Waals surface area contributed by atoms with E-state index in [1.54, 1.807) is 0 Å². The highest BCUT2D eigenvalue weighted by atomic mass is 16.6. The number of piperidine rings is 1. The van der Waals surface area contributed by atoms with Gasteiger partial charge >= 0.3 is 6.09 Å². The molecule has 0 aromatic carbocycles. The van der Waals surface area contributed by atoms with Crippen LogP contribution in [-0.4, -0.2) is 68.2 Å². The molecule has 2 saturated heterocycles. The standard InChI is InChI=1S/C29H40N8O3/c1-19-17-20(32-28(38)40-29(2,3)4)12-15-35(19)23-18-31-25-26(33-23)37(24-11-5-6-16-39-24)34-27(25)36-14-8-9-21-22(36)10-7-13-30-21/h7,10,13,18-20,24H,5-6,8-9,11-12,14-17H2,1-4H3,(H,32,38)/t19-,20+,24?/m1/s1. The third kappa shape index (κ3) is 5.43. The Labute approximate surface area is 235 Å². The number of aryl methyl sites for hydroxylation is 1. The van der Waals surface area contributed by atoms with Crippen LogP contribution in [0.1, 0.15) is 78.1 Å². The van der Waals surface area contributed by atoms with Crippen molar-refractivity contribution in [2.45, 2.75) is 96.6 Å². The van der Waals surface area contributed by atoms with Gasteiger partial charge in [0, 0.05) is 38.0 Å². The van der Waals surface area contributed by atoms with Gasteiger partial charge in [0.25, 0.3) is 0 Å². The first kappa shape index (κ1) is 26.7. The summed E-state index contributed by atoms with van der Waals surface area (Å²) in [7, 11) is 0. The van der Waals surface area contributed by atoms with Gasteiger partial charge in [0.15, 0.2) is 23.2 Å². The molecule has 3 aromatic heterocycles. The fourth-order valence-electron chi connectivity index (χ4n) is 6.05. The molecule has 11 heteroatoms. The molecule has 2 fully saturated rings. The van der Waals surface area contributed by atoms with Crippen LogP contribution >= 0.6 is 0 Å². The minimum absolute atomic E-state index is 0.0540. The summed E-state index contributed by atoms with van der Waals surface area (Å²) in [5, 5.41) is 8.14. The molecule has 214 valence electrons. The Morgan fingerprint density at radius 1 is 1.15 bits per heavy atom. The van der Waals surface area contributed by atoms with Gasteiger partial charge in [-0.15, -0.1) is 5.10 Å². The SMILES string of the molecule is C[C@@H]1C[C@@H](NC(=O)OC(C)(C)C)CCN1c1cnc2c(N3CCCc4ncccc43)nn(C3CCCCO3)c2n1. The van der Waals surface area contributed by atoms with E-state index in [1.807, 2.05) is 43.9 Å². The highest BCUT2D eigenvalue weighted by molar-refractivity contribution is 5.88. The van der Waals surface area contributed by atoms with E-state index in [2.05, 4.69) is 33.1 Å². The first-order valence-corrected chi connectivity index (χ1v) is 14.6. The molecule has 6 rings (SSSR count). The second kappa shape index (κ2) is 10.8. The van der Waals surface area contributed by atoms with Gasteiger partial charge in [-0.25, -0.2) is 19.4 Å². The van der Waals surface area contributed by atoms with Gasteiger partial charge in [-0.2, -0.15) is 0 Å². The zero-order valence-electron chi connectivity index (χ0n) is 24.0. The summed E-state index contributed by atoms with van der Waals surface area (Å²) in [5.41, 5.74) is 3.19. The summed E-state index contributed by atoms with van der Waals surface area (Å²) in [6, 6.07) is 4.32. The molecular weight excluding hydrogens is 508 g/mol. The van der Waals surface area contributed by atoms with Crippen LogP contribution in [0.15, 0.2) is 24.5 Å². The lowest BCUT2D eigenvalue weighted by atomic mass is 9.98. The number of nitrogens with zero attached hydrogens (tertiary/aromatic N) is 7. The average Bonchev–Trinajstić information content (AvgIpc) is 3.31. The zero-order chi connectivity index (χ0) is 27.9. The molecule has 6 heterocycles. The van der Waals surface area contributed by atoms with Gasteiger partial charge in [0.2, 0.25) is 0 Å². The van der Waals surface area contributed by atoms with Gasteiger partial charge in [-0.05, 0) is 84.8 Å². The lowest BCUT2D eigenvalue weighted by molar-refractivity contribution is -0.0368. The van der Waals surface area contributed by atoms with Gasteiger partial charge in [-0.3, -0.25) is 4.98 Å². The Morgan fingerprint density at radius 3 is 2.80 bits per heavy atom. The maximum atomic E-state index is 12.3. The number of hydrogen-bond donors (Lipinski definition) is 1. The number of anilines is 3.